The monoisotopic (exact) mass is 521 g/mol. The minimum absolute atomic E-state index is 0.0714. The van der Waals surface area contributed by atoms with E-state index in [1.54, 1.807) is 42.9 Å². The Hall–Kier alpha value is -2.87. The molecule has 3 aromatic heterocycles. The molecule has 0 aliphatic carbocycles. The summed E-state index contributed by atoms with van der Waals surface area (Å²) in [5.41, 5.74) is 0.547. The van der Waals surface area contributed by atoms with Crippen LogP contribution in [0.4, 0.5) is 0 Å². The molecule has 0 aliphatic heterocycles. The maximum Gasteiger partial charge on any atom is 0.332 e. The van der Waals surface area contributed by atoms with Crippen LogP contribution in [0.5, 0.6) is 0 Å². The molecule has 4 aromatic rings. The van der Waals surface area contributed by atoms with Gasteiger partial charge in [-0.15, -0.1) is 11.0 Å². The fourth-order valence-corrected chi connectivity index (χ4v) is 4.10. The Morgan fingerprint density at radius 1 is 1.13 bits per heavy atom. The number of rotatable bonds is 4. The molecule has 0 fully saturated rings. The van der Waals surface area contributed by atoms with Gasteiger partial charge in [0.05, 0.1) is 25.0 Å². The van der Waals surface area contributed by atoms with Gasteiger partial charge in [0.1, 0.15) is 5.69 Å². The van der Waals surface area contributed by atoms with Gasteiger partial charge in [-0.25, -0.2) is 14.5 Å². The minimum atomic E-state index is -0.517. The number of aryl methyl sites for hydroxylation is 1. The SMILES string of the molecule is CC#CCn1c(Br)nc2c1c(=O)n(Cc1cn(-c3cc(Cl)cc(Cl)c3)nn1)c(=O)n2C. The largest absolute Gasteiger partial charge is 0.332 e. The molecule has 0 bridgehead atoms. The van der Waals surface area contributed by atoms with Crippen molar-refractivity contribution in [2.45, 2.75) is 20.0 Å². The molecule has 12 heteroatoms. The van der Waals surface area contributed by atoms with E-state index in [1.807, 2.05) is 0 Å². The third-order valence-corrected chi connectivity index (χ3v) is 5.61. The van der Waals surface area contributed by atoms with Crippen LogP contribution in [-0.2, 0) is 20.1 Å². The Labute approximate surface area is 194 Å². The molecule has 0 spiro atoms. The Balaban J connectivity index is 1.80. The van der Waals surface area contributed by atoms with Crippen molar-refractivity contribution in [2.75, 3.05) is 0 Å². The summed E-state index contributed by atoms with van der Waals surface area (Å²) < 4.78 is 5.91. The van der Waals surface area contributed by atoms with Crippen molar-refractivity contribution in [2.24, 2.45) is 7.05 Å². The smallest absolute Gasteiger partial charge is 0.301 e. The van der Waals surface area contributed by atoms with Crippen LogP contribution >= 0.6 is 39.1 Å². The van der Waals surface area contributed by atoms with Gasteiger partial charge in [0, 0.05) is 17.1 Å². The third-order valence-electron chi connectivity index (χ3n) is 4.57. The van der Waals surface area contributed by atoms with Crippen LogP contribution in [0.25, 0.3) is 16.9 Å². The highest BCUT2D eigenvalue weighted by atomic mass is 79.9. The highest BCUT2D eigenvalue weighted by Gasteiger charge is 2.19. The summed E-state index contributed by atoms with van der Waals surface area (Å²) in [4.78, 5) is 30.4. The molecule has 158 valence electrons. The summed E-state index contributed by atoms with van der Waals surface area (Å²) in [6, 6.07) is 4.95. The minimum Gasteiger partial charge on any atom is -0.301 e. The zero-order valence-electron chi connectivity index (χ0n) is 16.3. The molecule has 3 heterocycles. The van der Waals surface area contributed by atoms with E-state index in [1.165, 1.54) is 9.25 Å². The van der Waals surface area contributed by atoms with E-state index in [2.05, 4.69) is 43.1 Å². The number of hydrogen-bond donors (Lipinski definition) is 0. The average molecular weight is 523 g/mol. The molecule has 1 aromatic carbocycles. The van der Waals surface area contributed by atoms with E-state index < -0.39 is 11.2 Å². The number of fused-ring (bicyclic) bond motifs is 1. The first-order valence-electron chi connectivity index (χ1n) is 8.93. The number of imidazole rings is 1. The molecular formula is C19H14BrCl2N7O2. The van der Waals surface area contributed by atoms with Gasteiger partial charge < -0.3 is 4.57 Å². The Morgan fingerprint density at radius 3 is 2.52 bits per heavy atom. The van der Waals surface area contributed by atoms with E-state index in [0.29, 0.717) is 26.2 Å². The highest BCUT2D eigenvalue weighted by Crippen LogP contribution is 2.21. The number of benzene rings is 1. The quantitative estimate of drug-likeness (QED) is 0.303. The zero-order chi connectivity index (χ0) is 22.3. The molecule has 0 saturated heterocycles. The van der Waals surface area contributed by atoms with Crippen LogP contribution in [-0.4, -0.2) is 33.7 Å². The summed E-state index contributed by atoms with van der Waals surface area (Å²) in [5.74, 6) is 5.69. The average Bonchev–Trinajstić information content (AvgIpc) is 3.32. The second-order valence-corrected chi connectivity index (χ2v) is 8.16. The first kappa shape index (κ1) is 21.4. The van der Waals surface area contributed by atoms with Gasteiger partial charge >= 0.3 is 5.69 Å². The van der Waals surface area contributed by atoms with Gasteiger partial charge in [0.15, 0.2) is 15.9 Å². The molecule has 0 saturated carbocycles. The van der Waals surface area contributed by atoms with Crippen LogP contribution in [0, 0.1) is 11.8 Å². The lowest BCUT2D eigenvalue weighted by Gasteiger charge is -2.07. The molecule has 31 heavy (non-hydrogen) atoms. The predicted molar refractivity (Wildman–Crippen MR) is 121 cm³/mol. The van der Waals surface area contributed by atoms with Gasteiger partial charge in [-0.05, 0) is 41.1 Å². The lowest BCUT2D eigenvalue weighted by molar-refractivity contribution is 0.643. The van der Waals surface area contributed by atoms with Gasteiger partial charge in [-0.2, -0.15) is 0 Å². The Bertz CT molecular complexity index is 1480. The number of hydrogen-bond acceptors (Lipinski definition) is 5. The fraction of sp³-hybridized carbons (Fsp3) is 0.211. The van der Waals surface area contributed by atoms with Crippen LogP contribution < -0.4 is 11.2 Å². The van der Waals surface area contributed by atoms with Gasteiger partial charge in [-0.3, -0.25) is 13.9 Å². The van der Waals surface area contributed by atoms with Gasteiger partial charge in [-0.1, -0.05) is 34.3 Å². The summed E-state index contributed by atoms with van der Waals surface area (Å²) in [6.45, 7) is 1.89. The van der Waals surface area contributed by atoms with Crippen LogP contribution in [0.2, 0.25) is 10.0 Å². The molecule has 4 rings (SSSR count). The maximum absolute atomic E-state index is 13.2. The van der Waals surface area contributed by atoms with Crippen molar-refractivity contribution in [3.63, 3.8) is 0 Å². The molecule has 0 radical (unpaired) electrons. The lowest BCUT2D eigenvalue weighted by atomic mass is 10.3. The number of aromatic nitrogens is 7. The van der Waals surface area contributed by atoms with Crippen molar-refractivity contribution in [1.82, 2.24) is 33.7 Å². The summed E-state index contributed by atoms with van der Waals surface area (Å²) in [7, 11) is 1.56. The van der Waals surface area contributed by atoms with Gasteiger partial charge in [0.2, 0.25) is 0 Å². The number of nitrogens with zero attached hydrogens (tertiary/aromatic N) is 7. The predicted octanol–water partition coefficient (Wildman–Crippen LogP) is 2.62. The molecule has 0 aliphatic rings. The second kappa shape index (κ2) is 8.34. The molecule has 0 unspecified atom stereocenters. The first-order chi connectivity index (χ1) is 14.8. The molecule has 0 amide bonds. The maximum atomic E-state index is 13.2. The van der Waals surface area contributed by atoms with Crippen molar-refractivity contribution >= 4 is 50.3 Å². The lowest BCUT2D eigenvalue weighted by Crippen LogP contribution is -2.40. The van der Waals surface area contributed by atoms with E-state index in [4.69, 9.17) is 23.2 Å². The molecular weight excluding hydrogens is 509 g/mol. The first-order valence-corrected chi connectivity index (χ1v) is 10.5. The topological polar surface area (TPSA) is 92.5 Å². The van der Waals surface area contributed by atoms with Crippen LogP contribution in [0.15, 0.2) is 38.7 Å². The summed E-state index contributed by atoms with van der Waals surface area (Å²) in [5, 5.41) is 9.03. The molecule has 9 nitrogen and oxygen atoms in total. The Kier molecular flexibility index (Phi) is 5.75. The van der Waals surface area contributed by atoms with E-state index in [9.17, 15) is 9.59 Å². The molecule has 0 N–H and O–H groups in total. The van der Waals surface area contributed by atoms with Crippen molar-refractivity contribution in [3.8, 4) is 17.5 Å². The fourth-order valence-electron chi connectivity index (χ4n) is 3.12. The van der Waals surface area contributed by atoms with Crippen LogP contribution in [0.3, 0.4) is 0 Å². The summed E-state index contributed by atoms with van der Waals surface area (Å²) in [6.07, 6.45) is 1.61. The highest BCUT2D eigenvalue weighted by molar-refractivity contribution is 9.10. The summed E-state index contributed by atoms with van der Waals surface area (Å²) >= 11 is 15.4. The zero-order valence-corrected chi connectivity index (χ0v) is 19.4. The molecule has 0 atom stereocenters. The van der Waals surface area contributed by atoms with Crippen LogP contribution in [0.1, 0.15) is 12.6 Å². The van der Waals surface area contributed by atoms with E-state index in [-0.39, 0.29) is 24.3 Å². The van der Waals surface area contributed by atoms with Crippen molar-refractivity contribution in [1.29, 1.82) is 0 Å². The Morgan fingerprint density at radius 2 is 1.84 bits per heavy atom. The van der Waals surface area contributed by atoms with Crippen molar-refractivity contribution < 1.29 is 0 Å². The third kappa shape index (κ3) is 3.92. The number of halogens is 3. The standard InChI is InChI=1S/C19H14BrCl2N7O2/c1-3-4-5-27-15-16(23-18(27)20)26(2)19(31)28(17(15)30)9-13-10-29(25-24-13)14-7-11(21)6-12(22)8-14/h6-8,10H,5,9H2,1-2H3. The second-order valence-electron chi connectivity index (χ2n) is 6.58. The van der Waals surface area contributed by atoms with Crippen molar-refractivity contribution in [3.05, 3.63) is 65.7 Å². The van der Waals surface area contributed by atoms with Gasteiger partial charge in [0.25, 0.3) is 5.56 Å². The van der Waals surface area contributed by atoms with E-state index in [0.717, 1.165) is 4.57 Å². The van der Waals surface area contributed by atoms with E-state index >= 15 is 0 Å². The normalized spacial score (nSPS) is 11.0.